The van der Waals surface area contributed by atoms with Gasteiger partial charge < -0.3 is 15.5 Å². The fourth-order valence-corrected chi connectivity index (χ4v) is 3.26. The quantitative estimate of drug-likeness (QED) is 0.584. The summed E-state index contributed by atoms with van der Waals surface area (Å²) < 4.78 is 39.6. The Labute approximate surface area is 163 Å². The van der Waals surface area contributed by atoms with Crippen molar-refractivity contribution in [1.29, 1.82) is 0 Å². The van der Waals surface area contributed by atoms with E-state index in [1.807, 2.05) is 6.92 Å². The predicted molar refractivity (Wildman–Crippen MR) is 106 cm³/mol. The number of hydrogen-bond donors (Lipinski definition) is 2. The van der Waals surface area contributed by atoms with Gasteiger partial charge in [0.1, 0.15) is 5.82 Å². The lowest BCUT2D eigenvalue weighted by Gasteiger charge is -2.19. The Bertz CT molecular complexity index is 808. The highest BCUT2D eigenvalue weighted by Gasteiger charge is 2.23. The minimum Gasteiger partial charge on any atom is -0.371 e. The van der Waals surface area contributed by atoms with Gasteiger partial charge in [-0.15, -0.1) is 0 Å². The number of nitrogens with one attached hydrogen (secondary N) is 2. The molecule has 0 bridgehead atoms. The van der Waals surface area contributed by atoms with Crippen LogP contribution in [0.4, 0.5) is 18.9 Å². The minimum absolute atomic E-state index is 0.260. The number of nitrogens with zero attached hydrogens (tertiary/aromatic N) is 2. The summed E-state index contributed by atoms with van der Waals surface area (Å²) in [5.41, 5.74) is 1.64. The van der Waals surface area contributed by atoms with Crippen molar-refractivity contribution in [2.45, 2.75) is 19.9 Å². The van der Waals surface area contributed by atoms with Crippen molar-refractivity contribution in [2.24, 2.45) is 10.9 Å². The van der Waals surface area contributed by atoms with Gasteiger partial charge in [0.25, 0.3) is 0 Å². The van der Waals surface area contributed by atoms with Crippen LogP contribution in [-0.4, -0.2) is 32.1 Å². The molecule has 1 heterocycles. The van der Waals surface area contributed by atoms with E-state index in [1.54, 1.807) is 18.2 Å². The minimum atomic E-state index is -0.825. The van der Waals surface area contributed by atoms with Crippen molar-refractivity contribution >= 4 is 11.6 Å². The molecule has 0 aliphatic carbocycles. The van der Waals surface area contributed by atoms with E-state index in [4.69, 9.17) is 0 Å². The molecule has 1 unspecified atom stereocenters. The summed E-state index contributed by atoms with van der Waals surface area (Å²) in [5.74, 6) is -0.819. The molecule has 1 fully saturated rings. The highest BCUT2D eigenvalue weighted by Crippen LogP contribution is 2.25. The van der Waals surface area contributed by atoms with Crippen LogP contribution in [0.25, 0.3) is 0 Å². The van der Waals surface area contributed by atoms with Gasteiger partial charge in [0.05, 0.1) is 6.54 Å². The van der Waals surface area contributed by atoms with E-state index in [1.165, 1.54) is 24.3 Å². The van der Waals surface area contributed by atoms with Crippen molar-refractivity contribution in [1.82, 2.24) is 10.6 Å². The van der Waals surface area contributed by atoms with Crippen LogP contribution in [0.1, 0.15) is 18.9 Å². The second-order valence-electron chi connectivity index (χ2n) is 6.90. The van der Waals surface area contributed by atoms with Gasteiger partial charge in [-0.2, -0.15) is 0 Å². The van der Waals surface area contributed by atoms with Gasteiger partial charge in [0.2, 0.25) is 0 Å². The summed E-state index contributed by atoms with van der Waals surface area (Å²) in [7, 11) is 0. The van der Waals surface area contributed by atoms with Crippen molar-refractivity contribution in [2.75, 3.05) is 31.1 Å². The SMILES string of the molecule is CCNC(=NCc1ccc(F)cc1)NCC1CCN(c2ccc(F)c(F)c2)C1. The number of guanidine groups is 1. The van der Waals surface area contributed by atoms with Crippen LogP contribution in [0, 0.1) is 23.4 Å². The number of anilines is 1. The lowest BCUT2D eigenvalue weighted by Crippen LogP contribution is -2.40. The lowest BCUT2D eigenvalue weighted by molar-refractivity contribution is 0.508. The Balaban J connectivity index is 1.53. The normalized spacial score (nSPS) is 17.1. The fraction of sp³-hybridized carbons (Fsp3) is 0.381. The monoisotopic (exact) mass is 390 g/mol. The highest BCUT2D eigenvalue weighted by atomic mass is 19.2. The molecule has 150 valence electrons. The largest absolute Gasteiger partial charge is 0.371 e. The zero-order chi connectivity index (χ0) is 19.9. The molecule has 4 nitrogen and oxygen atoms in total. The van der Waals surface area contributed by atoms with Crippen LogP contribution < -0.4 is 15.5 Å². The average molecular weight is 390 g/mol. The fourth-order valence-electron chi connectivity index (χ4n) is 3.26. The molecule has 0 amide bonds. The molecule has 1 aliphatic heterocycles. The van der Waals surface area contributed by atoms with E-state index < -0.39 is 11.6 Å². The van der Waals surface area contributed by atoms with Crippen LogP contribution in [0.15, 0.2) is 47.5 Å². The van der Waals surface area contributed by atoms with Gasteiger partial charge in [-0.3, -0.25) is 0 Å². The van der Waals surface area contributed by atoms with Crippen LogP contribution >= 0.6 is 0 Å². The molecule has 1 atom stereocenters. The molecule has 0 saturated carbocycles. The van der Waals surface area contributed by atoms with E-state index in [-0.39, 0.29) is 5.82 Å². The molecule has 0 spiro atoms. The second-order valence-corrected chi connectivity index (χ2v) is 6.90. The zero-order valence-corrected chi connectivity index (χ0v) is 15.9. The summed E-state index contributed by atoms with van der Waals surface area (Å²) in [6.07, 6.45) is 0.962. The van der Waals surface area contributed by atoms with Gasteiger partial charge in [-0.05, 0) is 49.1 Å². The van der Waals surface area contributed by atoms with E-state index >= 15 is 0 Å². The summed E-state index contributed by atoms with van der Waals surface area (Å²) in [6, 6.07) is 10.3. The maximum Gasteiger partial charge on any atom is 0.191 e. The Morgan fingerprint density at radius 2 is 1.86 bits per heavy atom. The van der Waals surface area contributed by atoms with E-state index in [2.05, 4.69) is 20.5 Å². The average Bonchev–Trinajstić information content (AvgIpc) is 3.16. The molecule has 3 rings (SSSR count). The van der Waals surface area contributed by atoms with Gasteiger partial charge in [0.15, 0.2) is 17.6 Å². The van der Waals surface area contributed by atoms with Crippen LogP contribution in [0.5, 0.6) is 0 Å². The molecule has 28 heavy (non-hydrogen) atoms. The van der Waals surface area contributed by atoms with Crippen LogP contribution in [0.3, 0.4) is 0 Å². The summed E-state index contributed by atoms with van der Waals surface area (Å²) >= 11 is 0. The molecular weight excluding hydrogens is 365 g/mol. The van der Waals surface area contributed by atoms with Crippen molar-refractivity contribution in [3.8, 4) is 0 Å². The standard InChI is InChI=1S/C21H25F3N4/c1-2-25-21(26-12-15-3-5-17(22)6-4-15)27-13-16-9-10-28(14-16)18-7-8-19(23)20(24)11-18/h3-8,11,16H,2,9-10,12-14H2,1H3,(H2,25,26,27). The smallest absolute Gasteiger partial charge is 0.191 e. The van der Waals surface area contributed by atoms with E-state index in [9.17, 15) is 13.2 Å². The highest BCUT2D eigenvalue weighted by molar-refractivity contribution is 5.79. The first-order valence-corrected chi connectivity index (χ1v) is 9.51. The van der Waals surface area contributed by atoms with E-state index in [0.29, 0.717) is 24.1 Å². The van der Waals surface area contributed by atoms with E-state index in [0.717, 1.165) is 38.2 Å². The third-order valence-electron chi connectivity index (χ3n) is 4.79. The predicted octanol–water partition coefficient (Wildman–Crippen LogP) is 3.69. The molecule has 2 aromatic carbocycles. The number of rotatable bonds is 6. The first-order valence-electron chi connectivity index (χ1n) is 9.51. The number of halogens is 3. The number of benzene rings is 2. The molecule has 1 saturated heterocycles. The maximum absolute atomic E-state index is 13.5. The zero-order valence-electron chi connectivity index (χ0n) is 15.9. The molecule has 1 aliphatic rings. The maximum atomic E-state index is 13.5. The van der Waals surface area contributed by atoms with Crippen molar-refractivity contribution < 1.29 is 13.2 Å². The van der Waals surface area contributed by atoms with Gasteiger partial charge in [0, 0.05) is 37.9 Å². The van der Waals surface area contributed by atoms with Gasteiger partial charge in [-0.1, -0.05) is 12.1 Å². The molecule has 0 radical (unpaired) electrons. The Morgan fingerprint density at radius 1 is 1.07 bits per heavy atom. The Hall–Kier alpha value is -2.70. The molecule has 2 N–H and O–H groups in total. The van der Waals surface area contributed by atoms with Crippen molar-refractivity contribution in [3.05, 3.63) is 65.5 Å². The number of hydrogen-bond acceptors (Lipinski definition) is 2. The molecule has 2 aromatic rings. The second kappa shape index (κ2) is 9.48. The Kier molecular flexibility index (Phi) is 6.79. The van der Waals surface area contributed by atoms with Crippen molar-refractivity contribution in [3.63, 3.8) is 0 Å². The molecule has 0 aromatic heterocycles. The lowest BCUT2D eigenvalue weighted by atomic mass is 10.1. The first kappa shape index (κ1) is 20.0. The van der Waals surface area contributed by atoms with Gasteiger partial charge in [-0.25, -0.2) is 18.2 Å². The van der Waals surface area contributed by atoms with Crippen LogP contribution in [-0.2, 0) is 6.54 Å². The summed E-state index contributed by atoms with van der Waals surface area (Å²) in [5, 5.41) is 6.55. The number of aliphatic imine (C=N–C) groups is 1. The molecule has 7 heteroatoms. The first-order chi connectivity index (χ1) is 13.5. The topological polar surface area (TPSA) is 39.7 Å². The third-order valence-corrected chi connectivity index (χ3v) is 4.79. The summed E-state index contributed by atoms with van der Waals surface area (Å²) in [6.45, 7) is 5.50. The third kappa shape index (κ3) is 5.41. The Morgan fingerprint density at radius 3 is 2.57 bits per heavy atom. The van der Waals surface area contributed by atoms with Crippen LogP contribution in [0.2, 0.25) is 0 Å². The molecular formula is C21H25F3N4. The van der Waals surface area contributed by atoms with Gasteiger partial charge >= 0.3 is 0 Å². The summed E-state index contributed by atoms with van der Waals surface area (Å²) in [4.78, 5) is 6.61.